The van der Waals surface area contributed by atoms with E-state index in [9.17, 15) is 14.9 Å². The molecular weight excluding hydrogens is 588 g/mol. The van der Waals surface area contributed by atoms with Crippen LogP contribution in [0.5, 0.6) is 5.75 Å². The molecule has 6 nitrogen and oxygen atoms in total. The second-order valence-corrected chi connectivity index (χ2v) is 9.07. The molecule has 0 spiro atoms. The van der Waals surface area contributed by atoms with Crippen LogP contribution < -0.4 is 10.1 Å². The highest BCUT2D eigenvalue weighted by atomic mass is 79.9. The summed E-state index contributed by atoms with van der Waals surface area (Å²) in [5.41, 5.74) is 2.22. The summed E-state index contributed by atoms with van der Waals surface area (Å²) in [6, 6.07) is 18.9. The molecular formula is C25H17Br2ClN2O4. The van der Waals surface area contributed by atoms with E-state index in [-0.39, 0.29) is 5.57 Å². The molecule has 0 fully saturated rings. The average Bonchev–Trinajstić information content (AvgIpc) is 2.82. The molecule has 0 bridgehead atoms. The standard InChI is InChI=1S/C25H17Br2ClN2O4/c1-33-25(32)17-5-7-20(8-6-17)30-24(31)18(13-29)9-16-11-21(26)23(22(27)12-16)34-14-15-3-2-4-19(28)10-15/h2-12H,14H2,1H3,(H,30,31)/b18-9+. The second-order valence-electron chi connectivity index (χ2n) is 6.93. The van der Waals surface area contributed by atoms with Crippen LogP contribution in [0, 0.1) is 11.3 Å². The molecule has 9 heteroatoms. The van der Waals surface area contributed by atoms with Crippen LogP contribution in [0.4, 0.5) is 5.69 Å². The Morgan fingerprint density at radius 2 is 1.76 bits per heavy atom. The number of carbonyl (C=O) groups is 2. The van der Waals surface area contributed by atoms with Crippen molar-refractivity contribution in [3.05, 3.63) is 96.9 Å². The molecule has 0 heterocycles. The van der Waals surface area contributed by atoms with Gasteiger partial charge in [-0.15, -0.1) is 0 Å². The monoisotopic (exact) mass is 602 g/mol. The Labute approximate surface area is 218 Å². The first kappa shape index (κ1) is 25.5. The highest BCUT2D eigenvalue weighted by Gasteiger charge is 2.13. The Morgan fingerprint density at radius 3 is 2.35 bits per heavy atom. The van der Waals surface area contributed by atoms with E-state index in [1.54, 1.807) is 30.3 Å². The number of carbonyl (C=O) groups excluding carboxylic acids is 2. The fraction of sp³-hybridized carbons (Fsp3) is 0.0800. The van der Waals surface area contributed by atoms with Gasteiger partial charge in [-0.1, -0.05) is 23.7 Å². The Bertz CT molecular complexity index is 1280. The summed E-state index contributed by atoms with van der Waals surface area (Å²) in [5, 5.41) is 12.8. The number of nitriles is 1. The molecule has 3 aromatic carbocycles. The number of benzene rings is 3. The maximum atomic E-state index is 12.6. The topological polar surface area (TPSA) is 88.4 Å². The maximum absolute atomic E-state index is 12.6. The lowest BCUT2D eigenvalue weighted by Gasteiger charge is -2.12. The lowest BCUT2D eigenvalue weighted by Crippen LogP contribution is -2.13. The fourth-order valence-corrected chi connectivity index (χ4v) is 4.57. The summed E-state index contributed by atoms with van der Waals surface area (Å²) in [5.74, 6) is -0.487. The van der Waals surface area contributed by atoms with E-state index in [2.05, 4.69) is 41.9 Å². The molecule has 0 radical (unpaired) electrons. The number of rotatable bonds is 7. The third-order valence-corrected chi connectivity index (χ3v) is 5.95. The van der Waals surface area contributed by atoms with Crippen LogP contribution in [0.3, 0.4) is 0 Å². The van der Waals surface area contributed by atoms with Crippen LogP contribution in [0.1, 0.15) is 21.5 Å². The lowest BCUT2D eigenvalue weighted by molar-refractivity contribution is -0.112. The van der Waals surface area contributed by atoms with Crippen molar-refractivity contribution in [1.29, 1.82) is 5.26 Å². The molecule has 1 N–H and O–H groups in total. The fourth-order valence-electron chi connectivity index (χ4n) is 2.90. The van der Waals surface area contributed by atoms with Crippen molar-refractivity contribution in [2.75, 3.05) is 12.4 Å². The largest absolute Gasteiger partial charge is 0.487 e. The van der Waals surface area contributed by atoms with Gasteiger partial charge in [-0.3, -0.25) is 4.79 Å². The minimum absolute atomic E-state index is 0.0940. The summed E-state index contributed by atoms with van der Waals surface area (Å²) in [7, 11) is 1.29. The highest BCUT2D eigenvalue weighted by molar-refractivity contribution is 9.11. The van der Waals surface area contributed by atoms with E-state index >= 15 is 0 Å². The zero-order chi connectivity index (χ0) is 24.7. The number of anilines is 1. The molecule has 3 aromatic rings. The van der Waals surface area contributed by atoms with Crippen molar-refractivity contribution < 1.29 is 19.1 Å². The Hall–Kier alpha value is -3.12. The van der Waals surface area contributed by atoms with Crippen molar-refractivity contribution >= 4 is 67.1 Å². The number of ether oxygens (including phenoxy) is 2. The van der Waals surface area contributed by atoms with Crippen LogP contribution in [0.15, 0.2) is 75.2 Å². The predicted octanol–water partition coefficient (Wildman–Crippen LogP) is 6.78. The second kappa shape index (κ2) is 11.8. The van der Waals surface area contributed by atoms with Crippen molar-refractivity contribution in [3.8, 4) is 11.8 Å². The molecule has 172 valence electrons. The summed E-state index contributed by atoms with van der Waals surface area (Å²) in [6.07, 6.45) is 1.47. The van der Waals surface area contributed by atoms with E-state index in [0.29, 0.717) is 43.1 Å². The zero-order valence-corrected chi connectivity index (χ0v) is 21.7. The van der Waals surface area contributed by atoms with Crippen LogP contribution in [0.2, 0.25) is 5.02 Å². The van der Waals surface area contributed by atoms with Crippen LogP contribution in [-0.4, -0.2) is 19.0 Å². The molecule has 3 rings (SSSR count). The Balaban J connectivity index is 1.74. The van der Waals surface area contributed by atoms with E-state index < -0.39 is 11.9 Å². The van der Waals surface area contributed by atoms with Gasteiger partial charge < -0.3 is 14.8 Å². The average molecular weight is 605 g/mol. The number of nitrogens with one attached hydrogen (secondary N) is 1. The van der Waals surface area contributed by atoms with Gasteiger partial charge in [0.2, 0.25) is 0 Å². The van der Waals surface area contributed by atoms with Gasteiger partial charge in [0.05, 0.1) is 21.6 Å². The van der Waals surface area contributed by atoms with Crippen LogP contribution in [-0.2, 0) is 16.1 Å². The SMILES string of the molecule is COC(=O)c1ccc(NC(=O)/C(C#N)=C/c2cc(Br)c(OCc3cccc(Cl)c3)c(Br)c2)cc1. The number of methoxy groups -OCH3 is 1. The third-order valence-electron chi connectivity index (χ3n) is 4.53. The molecule has 1 amide bonds. The molecule has 0 atom stereocenters. The summed E-state index contributed by atoms with van der Waals surface area (Å²) >= 11 is 13.0. The number of nitrogens with zero attached hydrogens (tertiary/aromatic N) is 1. The Kier molecular flexibility index (Phi) is 8.88. The molecule has 0 saturated heterocycles. The van der Waals surface area contributed by atoms with Gasteiger partial charge in [0.15, 0.2) is 0 Å². The van der Waals surface area contributed by atoms with Gasteiger partial charge >= 0.3 is 5.97 Å². The van der Waals surface area contributed by atoms with E-state index in [4.69, 9.17) is 16.3 Å². The van der Waals surface area contributed by atoms with E-state index in [1.165, 1.54) is 25.3 Å². The van der Waals surface area contributed by atoms with Crippen LogP contribution in [0.25, 0.3) is 6.08 Å². The van der Waals surface area contributed by atoms with Gasteiger partial charge in [0.25, 0.3) is 5.91 Å². The maximum Gasteiger partial charge on any atom is 0.337 e. The van der Waals surface area contributed by atoms with Crippen molar-refractivity contribution in [2.24, 2.45) is 0 Å². The molecule has 0 aromatic heterocycles. The van der Waals surface area contributed by atoms with Crippen molar-refractivity contribution in [1.82, 2.24) is 0 Å². The molecule has 0 saturated carbocycles. The van der Waals surface area contributed by atoms with Crippen molar-refractivity contribution in [3.63, 3.8) is 0 Å². The van der Waals surface area contributed by atoms with Gasteiger partial charge in [0, 0.05) is 10.7 Å². The number of esters is 1. The van der Waals surface area contributed by atoms with Crippen LogP contribution >= 0.6 is 43.5 Å². The van der Waals surface area contributed by atoms with Gasteiger partial charge in [0.1, 0.15) is 24.0 Å². The normalized spacial score (nSPS) is 10.9. The van der Waals surface area contributed by atoms with Gasteiger partial charge in [-0.2, -0.15) is 5.26 Å². The first-order chi connectivity index (χ1) is 16.3. The number of halogens is 3. The van der Waals surface area contributed by atoms with E-state index in [1.807, 2.05) is 24.3 Å². The van der Waals surface area contributed by atoms with Gasteiger partial charge in [-0.05, 0) is 97.6 Å². The first-order valence-corrected chi connectivity index (χ1v) is 11.7. The minimum Gasteiger partial charge on any atom is -0.487 e. The number of hydrogen-bond acceptors (Lipinski definition) is 5. The lowest BCUT2D eigenvalue weighted by atomic mass is 10.1. The molecule has 34 heavy (non-hydrogen) atoms. The molecule has 0 unspecified atom stereocenters. The molecule has 0 aliphatic heterocycles. The number of hydrogen-bond donors (Lipinski definition) is 1. The summed E-state index contributed by atoms with van der Waals surface area (Å²) in [4.78, 5) is 24.1. The summed E-state index contributed by atoms with van der Waals surface area (Å²) in [6.45, 7) is 0.313. The predicted molar refractivity (Wildman–Crippen MR) is 138 cm³/mol. The quantitative estimate of drug-likeness (QED) is 0.183. The zero-order valence-electron chi connectivity index (χ0n) is 17.8. The third kappa shape index (κ3) is 6.70. The summed E-state index contributed by atoms with van der Waals surface area (Å²) < 4.78 is 11.8. The van der Waals surface area contributed by atoms with Crippen molar-refractivity contribution in [2.45, 2.75) is 6.61 Å². The molecule has 0 aliphatic carbocycles. The first-order valence-electron chi connectivity index (χ1n) is 9.78. The highest BCUT2D eigenvalue weighted by Crippen LogP contribution is 2.36. The van der Waals surface area contributed by atoms with E-state index in [0.717, 1.165) is 5.56 Å². The minimum atomic E-state index is -0.582. The Morgan fingerprint density at radius 1 is 1.09 bits per heavy atom. The molecule has 0 aliphatic rings. The van der Waals surface area contributed by atoms with Gasteiger partial charge in [-0.25, -0.2) is 4.79 Å². The smallest absolute Gasteiger partial charge is 0.337 e. The number of amides is 1.